The quantitative estimate of drug-likeness (QED) is 0.788. The molecule has 0 spiro atoms. The van der Waals surface area contributed by atoms with Crippen LogP contribution < -0.4 is 5.32 Å². The topological polar surface area (TPSA) is 62.3 Å². The first kappa shape index (κ1) is 19.8. The maximum absolute atomic E-state index is 12.6. The molecule has 1 aliphatic heterocycles. The van der Waals surface area contributed by atoms with Crippen molar-refractivity contribution in [1.29, 1.82) is 0 Å². The van der Waals surface area contributed by atoms with E-state index in [0.29, 0.717) is 36.1 Å². The first-order valence-electron chi connectivity index (χ1n) is 9.24. The highest BCUT2D eigenvalue weighted by Crippen LogP contribution is 2.23. The summed E-state index contributed by atoms with van der Waals surface area (Å²) in [5, 5.41) is 6.32. The fourth-order valence-corrected chi connectivity index (χ4v) is 4.16. The van der Waals surface area contributed by atoms with E-state index in [1.165, 1.54) is 11.3 Å². The number of carbonyl (C=O) groups excluding carboxylic acids is 2. The minimum atomic E-state index is 0.00669. The molecular weight excluding hydrogens is 382 g/mol. The van der Waals surface area contributed by atoms with Crippen LogP contribution >= 0.6 is 22.9 Å². The van der Waals surface area contributed by atoms with Gasteiger partial charge in [-0.25, -0.2) is 4.98 Å². The Bertz CT molecular complexity index is 808. The summed E-state index contributed by atoms with van der Waals surface area (Å²) >= 11 is 7.61. The van der Waals surface area contributed by atoms with Gasteiger partial charge in [-0.15, -0.1) is 11.3 Å². The summed E-state index contributed by atoms with van der Waals surface area (Å²) in [5.41, 5.74) is 1.45. The second-order valence-electron chi connectivity index (χ2n) is 6.92. The van der Waals surface area contributed by atoms with Gasteiger partial charge in [-0.05, 0) is 43.7 Å². The van der Waals surface area contributed by atoms with Gasteiger partial charge in [0.25, 0.3) is 5.91 Å². The minimum absolute atomic E-state index is 0.00669. The SMILES string of the molecule is Cc1nc(C(=O)N2CCCC(CCC(=O)NCc3ccccc3Cl)C2)cs1. The lowest BCUT2D eigenvalue weighted by Crippen LogP contribution is -2.40. The summed E-state index contributed by atoms with van der Waals surface area (Å²) in [6.45, 7) is 3.82. The first-order valence-corrected chi connectivity index (χ1v) is 10.5. The predicted molar refractivity (Wildman–Crippen MR) is 108 cm³/mol. The van der Waals surface area contributed by atoms with E-state index >= 15 is 0 Å². The molecule has 144 valence electrons. The number of hydrogen-bond acceptors (Lipinski definition) is 4. The second kappa shape index (κ2) is 9.33. The molecule has 0 aliphatic carbocycles. The molecule has 1 N–H and O–H groups in total. The van der Waals surface area contributed by atoms with Crippen LogP contribution in [0.15, 0.2) is 29.6 Å². The van der Waals surface area contributed by atoms with Crippen molar-refractivity contribution in [2.24, 2.45) is 5.92 Å². The maximum Gasteiger partial charge on any atom is 0.273 e. The minimum Gasteiger partial charge on any atom is -0.352 e. The van der Waals surface area contributed by atoms with Crippen molar-refractivity contribution in [3.05, 3.63) is 50.9 Å². The number of thiazole rings is 1. The maximum atomic E-state index is 12.6. The van der Waals surface area contributed by atoms with E-state index in [1.807, 2.05) is 41.5 Å². The average Bonchev–Trinajstić information content (AvgIpc) is 3.11. The van der Waals surface area contributed by atoms with Crippen molar-refractivity contribution in [1.82, 2.24) is 15.2 Å². The molecule has 0 radical (unpaired) electrons. The zero-order valence-corrected chi connectivity index (χ0v) is 17.0. The van der Waals surface area contributed by atoms with E-state index in [1.54, 1.807) is 0 Å². The van der Waals surface area contributed by atoms with Gasteiger partial charge in [0, 0.05) is 36.5 Å². The number of halogens is 1. The molecule has 1 aliphatic rings. The number of piperidine rings is 1. The highest BCUT2D eigenvalue weighted by atomic mass is 35.5. The summed E-state index contributed by atoms with van der Waals surface area (Å²) in [5.74, 6) is 0.384. The highest BCUT2D eigenvalue weighted by molar-refractivity contribution is 7.09. The van der Waals surface area contributed by atoms with E-state index in [-0.39, 0.29) is 11.8 Å². The molecule has 0 saturated carbocycles. The third-order valence-electron chi connectivity index (χ3n) is 4.86. The van der Waals surface area contributed by atoms with Gasteiger partial charge in [0.05, 0.1) is 5.01 Å². The van der Waals surface area contributed by atoms with E-state index in [2.05, 4.69) is 10.3 Å². The van der Waals surface area contributed by atoms with Gasteiger partial charge < -0.3 is 10.2 Å². The van der Waals surface area contributed by atoms with E-state index < -0.39 is 0 Å². The summed E-state index contributed by atoms with van der Waals surface area (Å²) in [7, 11) is 0. The number of likely N-dealkylation sites (tertiary alicyclic amines) is 1. The molecule has 27 heavy (non-hydrogen) atoms. The molecule has 1 saturated heterocycles. The lowest BCUT2D eigenvalue weighted by Gasteiger charge is -2.32. The van der Waals surface area contributed by atoms with Gasteiger partial charge in [0.2, 0.25) is 5.91 Å². The number of hydrogen-bond donors (Lipinski definition) is 1. The van der Waals surface area contributed by atoms with Crippen LogP contribution in [0.1, 0.15) is 46.7 Å². The number of aryl methyl sites for hydroxylation is 1. The molecule has 3 rings (SSSR count). The highest BCUT2D eigenvalue weighted by Gasteiger charge is 2.26. The van der Waals surface area contributed by atoms with Gasteiger partial charge in [0.1, 0.15) is 5.69 Å². The van der Waals surface area contributed by atoms with E-state index in [4.69, 9.17) is 11.6 Å². The van der Waals surface area contributed by atoms with Gasteiger partial charge >= 0.3 is 0 Å². The average molecular weight is 406 g/mol. The van der Waals surface area contributed by atoms with Crippen LogP contribution in [0.25, 0.3) is 0 Å². The fourth-order valence-electron chi connectivity index (χ4n) is 3.37. The number of carbonyl (C=O) groups is 2. The van der Waals surface area contributed by atoms with Gasteiger partial charge in [-0.3, -0.25) is 9.59 Å². The van der Waals surface area contributed by atoms with Gasteiger partial charge in [-0.2, -0.15) is 0 Å². The summed E-state index contributed by atoms with van der Waals surface area (Å²) in [4.78, 5) is 30.9. The second-order valence-corrected chi connectivity index (χ2v) is 8.39. The Morgan fingerprint density at radius 1 is 1.37 bits per heavy atom. The van der Waals surface area contributed by atoms with Crippen molar-refractivity contribution in [2.75, 3.05) is 13.1 Å². The zero-order valence-electron chi connectivity index (χ0n) is 15.4. The Labute approximate surface area is 168 Å². The smallest absolute Gasteiger partial charge is 0.273 e. The largest absolute Gasteiger partial charge is 0.352 e. The Kier molecular flexibility index (Phi) is 6.85. The van der Waals surface area contributed by atoms with Crippen molar-refractivity contribution in [2.45, 2.75) is 39.2 Å². The molecule has 1 unspecified atom stereocenters. The third-order valence-corrected chi connectivity index (χ3v) is 6.00. The summed E-state index contributed by atoms with van der Waals surface area (Å²) in [6.07, 6.45) is 3.28. The molecule has 7 heteroatoms. The number of benzene rings is 1. The molecule has 1 aromatic carbocycles. The molecular formula is C20H24ClN3O2S. The van der Waals surface area contributed by atoms with Crippen LogP contribution in [0.3, 0.4) is 0 Å². The summed E-state index contributed by atoms with van der Waals surface area (Å²) < 4.78 is 0. The standard InChI is InChI=1S/C20H24ClN3O2S/c1-14-23-18(13-27-14)20(26)24-10-4-5-15(12-24)8-9-19(25)22-11-16-6-2-3-7-17(16)21/h2-3,6-7,13,15H,4-5,8-12H2,1H3,(H,22,25). The number of nitrogens with zero attached hydrogens (tertiary/aromatic N) is 2. The Balaban J connectivity index is 1.44. The number of nitrogens with one attached hydrogen (secondary N) is 1. The van der Waals surface area contributed by atoms with Crippen LogP contribution in [0.4, 0.5) is 0 Å². The van der Waals surface area contributed by atoms with Gasteiger partial charge in [-0.1, -0.05) is 29.8 Å². The lowest BCUT2D eigenvalue weighted by atomic mass is 9.93. The van der Waals surface area contributed by atoms with Crippen LogP contribution in [-0.2, 0) is 11.3 Å². The Morgan fingerprint density at radius 2 is 2.19 bits per heavy atom. The van der Waals surface area contributed by atoms with E-state index in [9.17, 15) is 9.59 Å². The Hall–Kier alpha value is -1.92. The molecule has 2 heterocycles. The number of aromatic nitrogens is 1. The van der Waals surface area contributed by atoms with Crippen LogP contribution in [-0.4, -0.2) is 34.8 Å². The van der Waals surface area contributed by atoms with Crippen LogP contribution in [0.5, 0.6) is 0 Å². The first-order chi connectivity index (χ1) is 13.0. The van der Waals surface area contributed by atoms with Crippen molar-refractivity contribution in [3.8, 4) is 0 Å². The number of amides is 2. The predicted octanol–water partition coefficient (Wildman–Crippen LogP) is 4.05. The molecule has 5 nitrogen and oxygen atoms in total. The lowest BCUT2D eigenvalue weighted by molar-refractivity contribution is -0.121. The molecule has 2 amide bonds. The molecule has 1 fully saturated rings. The molecule has 1 aromatic heterocycles. The molecule has 1 atom stereocenters. The van der Waals surface area contributed by atoms with E-state index in [0.717, 1.165) is 36.4 Å². The molecule has 0 bridgehead atoms. The summed E-state index contributed by atoms with van der Waals surface area (Å²) in [6, 6.07) is 7.51. The van der Waals surface area contributed by atoms with Crippen LogP contribution in [0.2, 0.25) is 5.02 Å². The van der Waals surface area contributed by atoms with Crippen molar-refractivity contribution >= 4 is 34.8 Å². The molecule has 2 aromatic rings. The van der Waals surface area contributed by atoms with Crippen molar-refractivity contribution < 1.29 is 9.59 Å². The normalized spacial score (nSPS) is 17.0. The van der Waals surface area contributed by atoms with Gasteiger partial charge in [0.15, 0.2) is 0 Å². The Morgan fingerprint density at radius 3 is 2.93 bits per heavy atom. The monoisotopic (exact) mass is 405 g/mol. The fraction of sp³-hybridized carbons (Fsp3) is 0.450. The van der Waals surface area contributed by atoms with Crippen molar-refractivity contribution in [3.63, 3.8) is 0 Å². The number of rotatable bonds is 6. The zero-order chi connectivity index (χ0) is 19.2. The van der Waals surface area contributed by atoms with Crippen LogP contribution in [0, 0.1) is 12.8 Å². The third kappa shape index (κ3) is 5.53.